The molecule has 4 nitrogen and oxygen atoms in total. The standard InChI is InChI=1S/C11H11F3N2O2/c1-6(17)15-5-4-9(18)16-8-3-2-7(12)10(13)11(8)14/h2-3H,4-5H2,1H3,(H,15,17)(H,16,18). The summed E-state index contributed by atoms with van der Waals surface area (Å²) < 4.78 is 38.6. The Morgan fingerprint density at radius 3 is 2.44 bits per heavy atom. The summed E-state index contributed by atoms with van der Waals surface area (Å²) in [7, 11) is 0. The number of hydrogen-bond donors (Lipinski definition) is 2. The molecule has 0 fully saturated rings. The highest BCUT2D eigenvalue weighted by molar-refractivity contribution is 5.91. The molecule has 7 heteroatoms. The van der Waals surface area contributed by atoms with Gasteiger partial charge in [-0.05, 0) is 12.1 Å². The number of benzene rings is 1. The number of amides is 2. The Kier molecular flexibility index (Phi) is 4.70. The van der Waals surface area contributed by atoms with Crippen molar-refractivity contribution in [3.8, 4) is 0 Å². The highest BCUT2D eigenvalue weighted by atomic mass is 19.2. The number of rotatable bonds is 4. The van der Waals surface area contributed by atoms with Crippen molar-refractivity contribution in [1.29, 1.82) is 0 Å². The van der Waals surface area contributed by atoms with Crippen molar-refractivity contribution in [3.63, 3.8) is 0 Å². The Morgan fingerprint density at radius 1 is 1.17 bits per heavy atom. The maximum absolute atomic E-state index is 13.2. The molecule has 2 N–H and O–H groups in total. The van der Waals surface area contributed by atoms with Gasteiger partial charge in [0.25, 0.3) is 0 Å². The van der Waals surface area contributed by atoms with Gasteiger partial charge in [0.2, 0.25) is 11.8 Å². The van der Waals surface area contributed by atoms with E-state index in [0.717, 1.165) is 6.07 Å². The molecule has 1 rings (SSSR count). The van der Waals surface area contributed by atoms with Gasteiger partial charge >= 0.3 is 0 Å². The number of halogens is 3. The number of carbonyl (C=O) groups excluding carboxylic acids is 2. The molecule has 2 amide bonds. The molecule has 0 aliphatic rings. The predicted molar refractivity (Wildman–Crippen MR) is 58.2 cm³/mol. The molecule has 0 aliphatic carbocycles. The van der Waals surface area contributed by atoms with E-state index in [2.05, 4.69) is 10.6 Å². The molecule has 98 valence electrons. The van der Waals surface area contributed by atoms with E-state index in [1.54, 1.807) is 0 Å². The second-order valence-electron chi connectivity index (χ2n) is 3.50. The quantitative estimate of drug-likeness (QED) is 0.807. The van der Waals surface area contributed by atoms with Crippen molar-refractivity contribution >= 4 is 17.5 Å². The van der Waals surface area contributed by atoms with Gasteiger partial charge in [-0.3, -0.25) is 9.59 Å². The second-order valence-corrected chi connectivity index (χ2v) is 3.50. The minimum Gasteiger partial charge on any atom is -0.356 e. The van der Waals surface area contributed by atoms with Gasteiger partial charge < -0.3 is 10.6 Å². The van der Waals surface area contributed by atoms with Gasteiger partial charge in [0.05, 0.1) is 5.69 Å². The molecule has 0 bridgehead atoms. The fourth-order valence-corrected chi connectivity index (χ4v) is 1.19. The number of carbonyl (C=O) groups is 2. The Hall–Kier alpha value is -2.05. The molecule has 18 heavy (non-hydrogen) atoms. The molecule has 0 saturated heterocycles. The van der Waals surface area contributed by atoms with Gasteiger partial charge in [-0.25, -0.2) is 13.2 Å². The van der Waals surface area contributed by atoms with Gasteiger partial charge in [-0.2, -0.15) is 0 Å². The third kappa shape index (κ3) is 3.76. The molecular formula is C11H11F3N2O2. The molecule has 1 aromatic rings. The zero-order valence-electron chi connectivity index (χ0n) is 9.52. The molecule has 1 aromatic carbocycles. The first-order valence-electron chi connectivity index (χ1n) is 5.09. The van der Waals surface area contributed by atoms with Crippen LogP contribution in [0.5, 0.6) is 0 Å². The van der Waals surface area contributed by atoms with E-state index >= 15 is 0 Å². The average molecular weight is 260 g/mol. The number of hydrogen-bond acceptors (Lipinski definition) is 2. The Labute approximate surface area is 101 Å². The molecule has 0 saturated carbocycles. The van der Waals surface area contributed by atoms with Crippen LogP contribution >= 0.6 is 0 Å². The van der Waals surface area contributed by atoms with Crippen molar-refractivity contribution in [2.75, 3.05) is 11.9 Å². The van der Waals surface area contributed by atoms with E-state index in [0.29, 0.717) is 6.07 Å². The first kappa shape index (κ1) is 14.0. The van der Waals surface area contributed by atoms with E-state index in [4.69, 9.17) is 0 Å². The number of nitrogens with one attached hydrogen (secondary N) is 2. The lowest BCUT2D eigenvalue weighted by atomic mass is 10.2. The van der Waals surface area contributed by atoms with Crippen LogP contribution in [-0.4, -0.2) is 18.4 Å². The van der Waals surface area contributed by atoms with E-state index in [9.17, 15) is 22.8 Å². The van der Waals surface area contributed by atoms with E-state index in [-0.39, 0.29) is 18.9 Å². The number of anilines is 1. The summed E-state index contributed by atoms with van der Waals surface area (Å²) in [6.45, 7) is 1.36. The van der Waals surface area contributed by atoms with Crippen LogP contribution < -0.4 is 10.6 Å². The molecule has 0 spiro atoms. The Morgan fingerprint density at radius 2 is 1.83 bits per heavy atom. The van der Waals surface area contributed by atoms with Crippen molar-refractivity contribution in [3.05, 3.63) is 29.6 Å². The van der Waals surface area contributed by atoms with Gasteiger partial charge in [0, 0.05) is 19.9 Å². The summed E-state index contributed by atoms with van der Waals surface area (Å²) in [5.74, 6) is -5.35. The molecular weight excluding hydrogens is 249 g/mol. The molecule has 0 aromatic heterocycles. The highest BCUT2D eigenvalue weighted by Gasteiger charge is 2.14. The first-order valence-corrected chi connectivity index (χ1v) is 5.09. The van der Waals surface area contributed by atoms with Crippen LogP contribution in [0.4, 0.5) is 18.9 Å². The van der Waals surface area contributed by atoms with Gasteiger partial charge in [-0.15, -0.1) is 0 Å². The van der Waals surface area contributed by atoms with Crippen LogP contribution in [0.3, 0.4) is 0 Å². The van der Waals surface area contributed by atoms with Crippen LogP contribution in [0.2, 0.25) is 0 Å². The molecule has 0 radical (unpaired) electrons. The lowest BCUT2D eigenvalue weighted by Gasteiger charge is -2.07. The lowest BCUT2D eigenvalue weighted by Crippen LogP contribution is -2.25. The molecule has 0 atom stereocenters. The van der Waals surface area contributed by atoms with E-state index in [1.807, 2.05) is 0 Å². The Bertz CT molecular complexity index is 478. The highest BCUT2D eigenvalue weighted by Crippen LogP contribution is 2.19. The normalized spacial score (nSPS) is 10.0. The molecule has 0 heterocycles. The minimum absolute atomic E-state index is 0.0759. The molecule has 0 aliphatic heterocycles. The maximum atomic E-state index is 13.2. The minimum atomic E-state index is -1.64. The molecule has 0 unspecified atom stereocenters. The maximum Gasteiger partial charge on any atom is 0.226 e. The summed E-state index contributed by atoms with van der Waals surface area (Å²) >= 11 is 0. The van der Waals surface area contributed by atoms with Crippen LogP contribution in [0.1, 0.15) is 13.3 Å². The average Bonchev–Trinajstić information content (AvgIpc) is 2.29. The first-order chi connectivity index (χ1) is 8.41. The van der Waals surface area contributed by atoms with E-state index in [1.165, 1.54) is 6.92 Å². The smallest absolute Gasteiger partial charge is 0.226 e. The summed E-state index contributed by atoms with van der Waals surface area (Å²) in [5, 5.41) is 4.45. The van der Waals surface area contributed by atoms with Crippen molar-refractivity contribution < 1.29 is 22.8 Å². The van der Waals surface area contributed by atoms with Crippen molar-refractivity contribution in [2.24, 2.45) is 0 Å². The fraction of sp³-hybridized carbons (Fsp3) is 0.273. The largest absolute Gasteiger partial charge is 0.356 e. The van der Waals surface area contributed by atoms with Crippen LogP contribution in [0, 0.1) is 17.5 Å². The van der Waals surface area contributed by atoms with Crippen LogP contribution in [0.25, 0.3) is 0 Å². The van der Waals surface area contributed by atoms with Crippen molar-refractivity contribution in [2.45, 2.75) is 13.3 Å². The van der Waals surface area contributed by atoms with Crippen LogP contribution in [0.15, 0.2) is 12.1 Å². The van der Waals surface area contributed by atoms with E-state index < -0.39 is 29.0 Å². The predicted octanol–water partition coefficient (Wildman–Crippen LogP) is 1.57. The third-order valence-corrected chi connectivity index (χ3v) is 2.04. The SMILES string of the molecule is CC(=O)NCCC(=O)Nc1ccc(F)c(F)c1F. The summed E-state index contributed by atoms with van der Waals surface area (Å²) in [4.78, 5) is 21.8. The summed E-state index contributed by atoms with van der Waals surface area (Å²) in [5.41, 5.74) is -0.443. The summed E-state index contributed by atoms with van der Waals surface area (Å²) in [6.07, 6.45) is -0.0992. The third-order valence-electron chi connectivity index (χ3n) is 2.04. The monoisotopic (exact) mass is 260 g/mol. The summed E-state index contributed by atoms with van der Waals surface area (Å²) in [6, 6.07) is 1.63. The zero-order valence-corrected chi connectivity index (χ0v) is 9.52. The van der Waals surface area contributed by atoms with Gasteiger partial charge in [-0.1, -0.05) is 0 Å². The van der Waals surface area contributed by atoms with Crippen molar-refractivity contribution in [1.82, 2.24) is 5.32 Å². The fourth-order valence-electron chi connectivity index (χ4n) is 1.19. The van der Waals surface area contributed by atoms with Crippen LogP contribution in [-0.2, 0) is 9.59 Å². The Balaban J connectivity index is 2.60. The zero-order chi connectivity index (χ0) is 13.7. The second kappa shape index (κ2) is 6.04. The topological polar surface area (TPSA) is 58.2 Å². The van der Waals surface area contributed by atoms with Gasteiger partial charge in [0.1, 0.15) is 0 Å². The lowest BCUT2D eigenvalue weighted by molar-refractivity contribution is -0.119. The van der Waals surface area contributed by atoms with Gasteiger partial charge in [0.15, 0.2) is 17.5 Å².